The van der Waals surface area contributed by atoms with Crippen LogP contribution in [0.2, 0.25) is 0 Å². The van der Waals surface area contributed by atoms with Crippen LogP contribution in [0.25, 0.3) is 0 Å². The first-order chi connectivity index (χ1) is 13.3. The van der Waals surface area contributed by atoms with Gasteiger partial charge < -0.3 is 4.90 Å². The predicted molar refractivity (Wildman–Crippen MR) is 115 cm³/mol. The minimum atomic E-state index is 0.743. The van der Waals surface area contributed by atoms with Gasteiger partial charge in [-0.1, -0.05) is 74.5 Å². The average molecular weight is 358 g/mol. The van der Waals surface area contributed by atoms with Crippen molar-refractivity contribution in [3.05, 3.63) is 90.1 Å². The van der Waals surface area contributed by atoms with Crippen molar-refractivity contribution in [2.45, 2.75) is 26.7 Å². The summed E-state index contributed by atoms with van der Waals surface area (Å²) in [7, 11) is 0. The van der Waals surface area contributed by atoms with Crippen LogP contribution in [-0.2, 0) is 0 Å². The Hall–Kier alpha value is -2.94. The lowest BCUT2D eigenvalue weighted by Gasteiger charge is -2.23. The second-order valence-electron chi connectivity index (χ2n) is 6.55. The largest absolute Gasteiger partial charge is 0.371 e. The Kier molecular flexibility index (Phi) is 6.75. The highest BCUT2D eigenvalue weighted by atomic mass is 15.1. The molecule has 0 aliphatic heterocycles. The Morgan fingerprint density at radius 1 is 0.815 bits per heavy atom. The second kappa shape index (κ2) is 9.67. The van der Waals surface area contributed by atoms with Crippen LogP contribution in [0.5, 0.6) is 0 Å². The van der Waals surface area contributed by atoms with Crippen LogP contribution in [0.15, 0.2) is 84.0 Å². The van der Waals surface area contributed by atoms with Gasteiger partial charge in [-0.05, 0) is 18.9 Å². The monoisotopic (exact) mass is 357 g/mol. The molecule has 0 aliphatic carbocycles. The number of benzene rings is 2. The first kappa shape index (κ1) is 18.8. The van der Waals surface area contributed by atoms with Crippen LogP contribution in [-0.4, -0.2) is 23.8 Å². The molecular formula is C24H27N3. The molecule has 0 aliphatic rings. The molecule has 0 unspecified atom stereocenters. The Balaban J connectivity index is 2.02. The summed E-state index contributed by atoms with van der Waals surface area (Å²) in [6.45, 7) is 6.52. The van der Waals surface area contributed by atoms with Gasteiger partial charge >= 0.3 is 0 Å². The normalized spacial score (nSPS) is 10.4. The van der Waals surface area contributed by atoms with Crippen molar-refractivity contribution in [3.63, 3.8) is 0 Å². The Morgan fingerprint density at radius 3 is 1.89 bits per heavy atom. The van der Waals surface area contributed by atoms with Gasteiger partial charge in [-0.15, -0.1) is 0 Å². The Bertz CT molecular complexity index is 810. The molecule has 0 saturated carbocycles. The maximum absolute atomic E-state index is 4.94. The van der Waals surface area contributed by atoms with Crippen LogP contribution in [0.3, 0.4) is 0 Å². The fourth-order valence-electron chi connectivity index (χ4n) is 3.18. The van der Waals surface area contributed by atoms with E-state index < -0.39 is 0 Å². The molecule has 0 fully saturated rings. The molecule has 2 aromatic carbocycles. The topological polar surface area (TPSA) is 28.5 Å². The van der Waals surface area contributed by atoms with Gasteiger partial charge in [0.2, 0.25) is 0 Å². The van der Waals surface area contributed by atoms with Gasteiger partial charge in [-0.25, -0.2) is 9.98 Å². The van der Waals surface area contributed by atoms with Crippen LogP contribution in [0.1, 0.15) is 37.8 Å². The molecule has 0 spiro atoms. The highest BCUT2D eigenvalue weighted by Crippen LogP contribution is 2.22. The van der Waals surface area contributed by atoms with Gasteiger partial charge in [0.25, 0.3) is 0 Å². The lowest BCUT2D eigenvalue weighted by molar-refractivity contribution is 0.744. The molecule has 0 amide bonds. The van der Waals surface area contributed by atoms with Crippen LogP contribution >= 0.6 is 0 Å². The zero-order chi connectivity index (χ0) is 18.9. The lowest BCUT2D eigenvalue weighted by Crippen LogP contribution is -2.24. The molecule has 0 bridgehead atoms. The summed E-state index contributed by atoms with van der Waals surface area (Å²) < 4.78 is 0. The molecule has 3 nitrogen and oxygen atoms in total. The molecular weight excluding hydrogens is 330 g/mol. The zero-order valence-corrected chi connectivity index (χ0v) is 16.2. The number of anilines is 1. The fraction of sp³-hybridized carbons (Fsp3) is 0.250. The number of pyridine rings is 1. The van der Waals surface area contributed by atoms with Gasteiger partial charge in [-0.3, -0.25) is 0 Å². The minimum Gasteiger partial charge on any atom is -0.371 e. The van der Waals surface area contributed by atoms with Gasteiger partial charge in [0.05, 0.1) is 5.71 Å². The number of hydrogen-bond donors (Lipinski definition) is 0. The van der Waals surface area contributed by atoms with Crippen molar-refractivity contribution >= 4 is 17.2 Å². The van der Waals surface area contributed by atoms with E-state index in [1.807, 2.05) is 42.6 Å². The van der Waals surface area contributed by atoms with Crippen LogP contribution in [0, 0.1) is 0 Å². The smallest absolute Gasteiger partial charge is 0.154 e. The Morgan fingerprint density at radius 2 is 1.37 bits per heavy atom. The second-order valence-corrected chi connectivity index (χ2v) is 6.55. The molecule has 3 aromatic rings. The van der Waals surface area contributed by atoms with Crippen molar-refractivity contribution in [2.75, 3.05) is 18.0 Å². The maximum Gasteiger partial charge on any atom is 0.154 e. The van der Waals surface area contributed by atoms with Crippen molar-refractivity contribution in [2.24, 2.45) is 4.99 Å². The highest BCUT2D eigenvalue weighted by molar-refractivity contribution is 6.13. The molecule has 3 rings (SSSR count). The third kappa shape index (κ3) is 5.04. The fourth-order valence-corrected chi connectivity index (χ4v) is 3.18. The van der Waals surface area contributed by atoms with E-state index in [1.54, 1.807) is 0 Å². The first-order valence-corrected chi connectivity index (χ1v) is 9.72. The van der Waals surface area contributed by atoms with E-state index in [1.165, 1.54) is 5.69 Å². The zero-order valence-electron chi connectivity index (χ0n) is 16.2. The van der Waals surface area contributed by atoms with Gasteiger partial charge in [0.15, 0.2) is 5.82 Å². The summed E-state index contributed by atoms with van der Waals surface area (Å²) in [5.74, 6) is 0.743. The average Bonchev–Trinajstić information content (AvgIpc) is 2.73. The van der Waals surface area contributed by atoms with Crippen molar-refractivity contribution in [3.8, 4) is 0 Å². The number of nitrogens with zero attached hydrogens (tertiary/aromatic N) is 3. The van der Waals surface area contributed by atoms with E-state index in [9.17, 15) is 0 Å². The highest BCUT2D eigenvalue weighted by Gasteiger charge is 2.09. The summed E-state index contributed by atoms with van der Waals surface area (Å²) in [4.78, 5) is 11.9. The quantitative estimate of drug-likeness (QED) is 0.471. The first-order valence-electron chi connectivity index (χ1n) is 9.72. The van der Waals surface area contributed by atoms with Crippen LogP contribution < -0.4 is 4.90 Å². The molecule has 0 N–H and O–H groups in total. The molecule has 3 heteroatoms. The molecule has 0 atom stereocenters. The number of rotatable bonds is 8. The maximum atomic E-state index is 4.94. The van der Waals surface area contributed by atoms with Gasteiger partial charge in [0, 0.05) is 42.2 Å². The van der Waals surface area contributed by atoms with E-state index in [4.69, 9.17) is 4.99 Å². The van der Waals surface area contributed by atoms with Gasteiger partial charge in [-0.2, -0.15) is 0 Å². The third-order valence-electron chi connectivity index (χ3n) is 4.40. The minimum absolute atomic E-state index is 0.743. The molecule has 0 saturated heterocycles. The molecule has 1 aromatic heterocycles. The summed E-state index contributed by atoms with van der Waals surface area (Å²) >= 11 is 0. The number of hydrogen-bond acceptors (Lipinski definition) is 3. The molecule has 138 valence electrons. The van der Waals surface area contributed by atoms with Crippen LogP contribution in [0.4, 0.5) is 11.5 Å². The number of aromatic nitrogens is 1. The SMILES string of the molecule is CCCN(CCC)c1ccnc(N=C(c2ccccc2)c2ccccc2)c1. The van der Waals surface area contributed by atoms with Crippen molar-refractivity contribution in [1.82, 2.24) is 4.98 Å². The standard InChI is InChI=1S/C24H27N3/c1-3-17-27(18-4-2)22-15-16-25-23(19-22)26-24(20-11-7-5-8-12-20)21-13-9-6-10-14-21/h5-16,19H,3-4,17-18H2,1-2H3. The summed E-state index contributed by atoms with van der Waals surface area (Å²) in [5.41, 5.74) is 4.32. The van der Waals surface area contributed by atoms with Gasteiger partial charge in [0.1, 0.15) is 0 Å². The van der Waals surface area contributed by atoms with E-state index >= 15 is 0 Å². The lowest BCUT2D eigenvalue weighted by atomic mass is 10.0. The van der Waals surface area contributed by atoms with E-state index in [0.29, 0.717) is 0 Å². The predicted octanol–water partition coefficient (Wildman–Crippen LogP) is 5.88. The summed E-state index contributed by atoms with van der Waals surface area (Å²) in [5, 5.41) is 0. The van der Waals surface area contributed by atoms with E-state index in [2.05, 4.69) is 60.1 Å². The van der Waals surface area contributed by atoms with Crippen molar-refractivity contribution in [1.29, 1.82) is 0 Å². The Labute approximate surface area is 162 Å². The molecule has 1 heterocycles. The van der Waals surface area contributed by atoms with Crippen molar-refractivity contribution < 1.29 is 0 Å². The molecule has 0 radical (unpaired) electrons. The third-order valence-corrected chi connectivity index (χ3v) is 4.40. The summed E-state index contributed by atoms with van der Waals surface area (Å²) in [6, 6.07) is 24.8. The molecule has 27 heavy (non-hydrogen) atoms. The number of aliphatic imine (C=N–C) groups is 1. The van der Waals surface area contributed by atoms with E-state index in [-0.39, 0.29) is 0 Å². The summed E-state index contributed by atoms with van der Waals surface area (Å²) in [6.07, 6.45) is 4.11. The van der Waals surface area contributed by atoms with E-state index in [0.717, 1.165) is 48.6 Å².